The van der Waals surface area contributed by atoms with Crippen LogP contribution in [0.1, 0.15) is 23.6 Å². The highest BCUT2D eigenvalue weighted by Gasteiger charge is 2.16. The third-order valence-corrected chi connectivity index (χ3v) is 4.06. The summed E-state index contributed by atoms with van der Waals surface area (Å²) in [4.78, 5) is 12.2. The maximum atomic E-state index is 12.2. The molecule has 2 aromatic carbocycles. The molecule has 0 aliphatic carbocycles. The lowest BCUT2D eigenvalue weighted by molar-refractivity contribution is -0.120. The topological polar surface area (TPSA) is 56.8 Å². The van der Waals surface area contributed by atoms with Crippen LogP contribution >= 0.6 is 0 Å². The van der Waals surface area contributed by atoms with E-state index in [-0.39, 0.29) is 5.91 Å². The Bertz CT molecular complexity index is 710. The third kappa shape index (κ3) is 4.66. The zero-order valence-electron chi connectivity index (χ0n) is 15.2. The first kappa shape index (κ1) is 18.6. The SMILES string of the molecule is CCc1ccc(CC(=O)NCc2ccc(OC)c(OC)c2OC)cc1. The van der Waals surface area contributed by atoms with Crippen molar-refractivity contribution in [1.82, 2.24) is 5.32 Å². The molecule has 0 saturated heterocycles. The van der Waals surface area contributed by atoms with Gasteiger partial charge in [-0.15, -0.1) is 0 Å². The number of amides is 1. The first-order chi connectivity index (χ1) is 12.1. The lowest BCUT2D eigenvalue weighted by atomic mass is 10.1. The van der Waals surface area contributed by atoms with Gasteiger partial charge in [0.2, 0.25) is 11.7 Å². The van der Waals surface area contributed by atoms with Gasteiger partial charge in [-0.3, -0.25) is 4.79 Å². The van der Waals surface area contributed by atoms with Gasteiger partial charge < -0.3 is 19.5 Å². The summed E-state index contributed by atoms with van der Waals surface area (Å²) >= 11 is 0. The molecule has 0 aliphatic rings. The Morgan fingerprint density at radius 3 is 2.08 bits per heavy atom. The molecule has 1 N–H and O–H groups in total. The Hall–Kier alpha value is -2.69. The molecule has 25 heavy (non-hydrogen) atoms. The number of nitrogens with one attached hydrogen (secondary N) is 1. The molecule has 0 fully saturated rings. The fourth-order valence-corrected chi connectivity index (χ4v) is 2.64. The van der Waals surface area contributed by atoms with E-state index >= 15 is 0 Å². The fraction of sp³-hybridized carbons (Fsp3) is 0.350. The van der Waals surface area contributed by atoms with E-state index in [4.69, 9.17) is 14.2 Å². The Labute approximate surface area is 148 Å². The van der Waals surface area contributed by atoms with Gasteiger partial charge in [0.15, 0.2) is 11.5 Å². The van der Waals surface area contributed by atoms with Gasteiger partial charge in [0.05, 0.1) is 27.8 Å². The van der Waals surface area contributed by atoms with Crippen LogP contribution in [0.15, 0.2) is 36.4 Å². The molecule has 5 heteroatoms. The number of methoxy groups -OCH3 is 3. The van der Waals surface area contributed by atoms with Gasteiger partial charge in [0.25, 0.3) is 0 Å². The van der Waals surface area contributed by atoms with Crippen LogP contribution in [-0.2, 0) is 24.2 Å². The number of benzene rings is 2. The molecule has 0 radical (unpaired) electrons. The molecule has 0 heterocycles. The normalized spacial score (nSPS) is 10.2. The summed E-state index contributed by atoms with van der Waals surface area (Å²) in [6.45, 7) is 2.47. The molecule has 5 nitrogen and oxygen atoms in total. The summed E-state index contributed by atoms with van der Waals surface area (Å²) in [6, 6.07) is 11.8. The molecule has 0 saturated carbocycles. The molecular weight excluding hydrogens is 318 g/mol. The molecule has 1 amide bonds. The van der Waals surface area contributed by atoms with Crippen LogP contribution in [0.3, 0.4) is 0 Å². The van der Waals surface area contributed by atoms with Crippen molar-refractivity contribution in [2.75, 3.05) is 21.3 Å². The van der Waals surface area contributed by atoms with Gasteiger partial charge in [-0.1, -0.05) is 31.2 Å². The maximum Gasteiger partial charge on any atom is 0.224 e. The molecule has 0 unspecified atom stereocenters. The molecule has 0 atom stereocenters. The smallest absolute Gasteiger partial charge is 0.224 e. The summed E-state index contributed by atoms with van der Waals surface area (Å²) in [5.74, 6) is 1.63. The van der Waals surface area contributed by atoms with E-state index in [2.05, 4.69) is 24.4 Å². The average Bonchev–Trinajstić information content (AvgIpc) is 2.65. The van der Waals surface area contributed by atoms with Gasteiger partial charge in [0.1, 0.15) is 0 Å². The van der Waals surface area contributed by atoms with Crippen molar-refractivity contribution < 1.29 is 19.0 Å². The quantitative estimate of drug-likeness (QED) is 0.800. The van der Waals surface area contributed by atoms with Crippen LogP contribution in [0.2, 0.25) is 0 Å². The van der Waals surface area contributed by atoms with Gasteiger partial charge in [-0.2, -0.15) is 0 Å². The molecule has 0 bridgehead atoms. The Balaban J connectivity index is 2.03. The number of hydrogen-bond acceptors (Lipinski definition) is 4. The standard InChI is InChI=1S/C20H25NO4/c1-5-14-6-8-15(9-7-14)12-18(22)21-13-16-10-11-17(23-2)20(25-4)19(16)24-3/h6-11H,5,12-13H2,1-4H3,(H,21,22). The number of ether oxygens (including phenoxy) is 3. The summed E-state index contributed by atoms with van der Waals surface area (Å²) in [7, 11) is 4.70. The zero-order chi connectivity index (χ0) is 18.2. The highest BCUT2D eigenvalue weighted by atomic mass is 16.5. The molecule has 2 aromatic rings. The number of hydrogen-bond donors (Lipinski definition) is 1. The number of aryl methyl sites for hydroxylation is 1. The van der Waals surface area contributed by atoms with E-state index in [9.17, 15) is 4.79 Å². The van der Waals surface area contributed by atoms with Crippen molar-refractivity contribution in [1.29, 1.82) is 0 Å². The van der Waals surface area contributed by atoms with E-state index in [1.54, 1.807) is 27.4 Å². The minimum Gasteiger partial charge on any atom is -0.493 e. The van der Waals surface area contributed by atoms with Crippen LogP contribution in [0, 0.1) is 0 Å². The van der Waals surface area contributed by atoms with E-state index in [0.717, 1.165) is 17.5 Å². The van der Waals surface area contributed by atoms with Gasteiger partial charge >= 0.3 is 0 Å². The second-order valence-corrected chi connectivity index (χ2v) is 5.62. The molecule has 0 aliphatic heterocycles. The molecule has 134 valence electrons. The number of carbonyl (C=O) groups is 1. The van der Waals surface area contributed by atoms with Crippen molar-refractivity contribution in [2.24, 2.45) is 0 Å². The largest absolute Gasteiger partial charge is 0.493 e. The summed E-state index contributed by atoms with van der Waals surface area (Å²) < 4.78 is 16.1. The highest BCUT2D eigenvalue weighted by Crippen LogP contribution is 2.39. The first-order valence-electron chi connectivity index (χ1n) is 8.25. The molecule has 2 rings (SSSR count). The van der Waals surface area contributed by atoms with Crippen molar-refractivity contribution in [2.45, 2.75) is 26.3 Å². The summed E-state index contributed by atoms with van der Waals surface area (Å²) in [6.07, 6.45) is 1.34. The van der Waals surface area contributed by atoms with Gasteiger partial charge in [-0.25, -0.2) is 0 Å². The maximum absolute atomic E-state index is 12.2. The summed E-state index contributed by atoms with van der Waals surface area (Å²) in [5, 5.41) is 2.92. The van der Waals surface area contributed by atoms with Crippen LogP contribution in [-0.4, -0.2) is 27.2 Å². The van der Waals surface area contributed by atoms with Crippen LogP contribution < -0.4 is 19.5 Å². The van der Waals surface area contributed by atoms with Crippen molar-refractivity contribution in [3.63, 3.8) is 0 Å². The molecular formula is C20H25NO4. The predicted molar refractivity (Wildman–Crippen MR) is 97.5 cm³/mol. The van der Waals surface area contributed by atoms with E-state index < -0.39 is 0 Å². The zero-order valence-corrected chi connectivity index (χ0v) is 15.2. The number of rotatable bonds is 8. The molecule has 0 aromatic heterocycles. The summed E-state index contributed by atoms with van der Waals surface area (Å²) in [5.41, 5.74) is 3.09. The number of carbonyl (C=O) groups excluding carboxylic acids is 1. The minimum atomic E-state index is -0.0407. The Kier molecular flexibility index (Phi) is 6.69. The average molecular weight is 343 g/mol. The minimum absolute atomic E-state index is 0.0407. The van der Waals surface area contributed by atoms with Crippen LogP contribution in [0.4, 0.5) is 0 Å². The monoisotopic (exact) mass is 343 g/mol. The Morgan fingerprint density at radius 2 is 1.52 bits per heavy atom. The Morgan fingerprint density at radius 1 is 0.880 bits per heavy atom. The van der Waals surface area contributed by atoms with Gasteiger partial charge in [0, 0.05) is 12.1 Å². The highest BCUT2D eigenvalue weighted by molar-refractivity contribution is 5.78. The third-order valence-electron chi connectivity index (χ3n) is 4.06. The first-order valence-corrected chi connectivity index (χ1v) is 8.25. The van der Waals surface area contributed by atoms with E-state index in [0.29, 0.717) is 30.2 Å². The van der Waals surface area contributed by atoms with E-state index in [1.807, 2.05) is 18.2 Å². The van der Waals surface area contributed by atoms with Gasteiger partial charge in [-0.05, 0) is 29.7 Å². The van der Waals surface area contributed by atoms with Crippen molar-refractivity contribution >= 4 is 5.91 Å². The lowest BCUT2D eigenvalue weighted by Crippen LogP contribution is -2.24. The lowest BCUT2D eigenvalue weighted by Gasteiger charge is -2.16. The second kappa shape index (κ2) is 8.97. The second-order valence-electron chi connectivity index (χ2n) is 5.62. The molecule has 0 spiro atoms. The fourth-order valence-electron chi connectivity index (χ4n) is 2.64. The van der Waals surface area contributed by atoms with Crippen molar-refractivity contribution in [3.05, 3.63) is 53.1 Å². The van der Waals surface area contributed by atoms with Crippen LogP contribution in [0.25, 0.3) is 0 Å². The van der Waals surface area contributed by atoms with E-state index in [1.165, 1.54) is 5.56 Å². The van der Waals surface area contributed by atoms with Crippen LogP contribution in [0.5, 0.6) is 17.2 Å². The van der Waals surface area contributed by atoms with Crippen molar-refractivity contribution in [3.8, 4) is 17.2 Å². The predicted octanol–water partition coefficient (Wildman–Crippen LogP) is 3.13.